The quantitative estimate of drug-likeness (QED) is 0.634. The molecule has 0 heterocycles. The second-order valence-corrected chi connectivity index (χ2v) is 4.58. The van der Waals surface area contributed by atoms with Gasteiger partial charge in [-0.25, -0.2) is 0 Å². The number of ketones is 1. The summed E-state index contributed by atoms with van der Waals surface area (Å²) in [6.07, 6.45) is 5.54. The number of hydrogen-bond acceptors (Lipinski definition) is 1. The fourth-order valence-electron chi connectivity index (χ4n) is 2.86. The van der Waals surface area contributed by atoms with Crippen molar-refractivity contribution in [3.63, 3.8) is 0 Å². The molecule has 2 saturated carbocycles. The van der Waals surface area contributed by atoms with Gasteiger partial charge >= 0.3 is 0 Å². The average molecular weight is 198 g/mol. The van der Waals surface area contributed by atoms with Crippen LogP contribution in [0.5, 0.6) is 0 Å². The number of allylic oxidation sites excluding steroid dienone is 1. The van der Waals surface area contributed by atoms with Gasteiger partial charge in [-0.2, -0.15) is 0 Å². The first-order valence-corrected chi connectivity index (χ1v) is 5.65. The first-order valence-electron chi connectivity index (χ1n) is 5.65. The Kier molecular flexibility index (Phi) is 1.98. The monoisotopic (exact) mass is 198 g/mol. The summed E-state index contributed by atoms with van der Waals surface area (Å²) in [5, 5.41) is 0. The van der Waals surface area contributed by atoms with E-state index in [1.165, 1.54) is 6.42 Å². The van der Waals surface area contributed by atoms with Gasteiger partial charge in [-0.15, -0.1) is 0 Å². The van der Waals surface area contributed by atoms with Crippen molar-refractivity contribution < 1.29 is 4.79 Å². The lowest BCUT2D eigenvalue weighted by atomic mass is 9.92. The van der Waals surface area contributed by atoms with E-state index in [1.54, 1.807) is 0 Å². The normalized spacial score (nSPS) is 31.5. The van der Waals surface area contributed by atoms with E-state index in [9.17, 15) is 4.79 Å². The van der Waals surface area contributed by atoms with Crippen LogP contribution in [0.15, 0.2) is 35.9 Å². The zero-order chi connectivity index (χ0) is 10.3. The lowest BCUT2D eigenvalue weighted by molar-refractivity contribution is -0.118. The van der Waals surface area contributed by atoms with Crippen molar-refractivity contribution in [2.45, 2.75) is 19.3 Å². The van der Waals surface area contributed by atoms with Crippen molar-refractivity contribution in [3.05, 3.63) is 41.5 Å². The highest BCUT2D eigenvalue weighted by Gasteiger charge is 2.42. The van der Waals surface area contributed by atoms with Crippen LogP contribution < -0.4 is 0 Å². The van der Waals surface area contributed by atoms with Crippen molar-refractivity contribution in [3.8, 4) is 0 Å². The molecular weight excluding hydrogens is 184 g/mol. The molecule has 0 aromatic heterocycles. The predicted molar refractivity (Wildman–Crippen MR) is 60.3 cm³/mol. The summed E-state index contributed by atoms with van der Waals surface area (Å²) in [5.41, 5.74) is 2.24. The third-order valence-electron chi connectivity index (χ3n) is 3.65. The summed E-state index contributed by atoms with van der Waals surface area (Å²) in [4.78, 5) is 11.9. The number of carbonyl (C=O) groups excluding carboxylic acids is 1. The van der Waals surface area contributed by atoms with Crippen LogP contribution in [0.25, 0.3) is 6.08 Å². The van der Waals surface area contributed by atoms with Crippen LogP contribution in [0.2, 0.25) is 0 Å². The standard InChI is InChI=1S/C14H14O/c15-14-12-7-6-11(9-12)13(14)8-10-4-2-1-3-5-10/h1-5,8,11-12H,6-7,9H2/b13-8+. The third kappa shape index (κ3) is 1.43. The molecule has 0 spiro atoms. The zero-order valence-corrected chi connectivity index (χ0v) is 8.65. The number of Topliss-reactive ketones (excluding diaryl/α,β-unsaturated/α-hetero) is 1. The van der Waals surface area contributed by atoms with Gasteiger partial charge in [0, 0.05) is 5.92 Å². The van der Waals surface area contributed by atoms with Crippen molar-refractivity contribution >= 4 is 11.9 Å². The molecule has 2 aliphatic carbocycles. The molecule has 1 heteroatoms. The number of carbonyl (C=O) groups is 1. The van der Waals surface area contributed by atoms with Gasteiger partial charge in [0.2, 0.25) is 0 Å². The summed E-state index contributed by atoms with van der Waals surface area (Å²) in [7, 11) is 0. The third-order valence-corrected chi connectivity index (χ3v) is 3.65. The predicted octanol–water partition coefficient (Wildman–Crippen LogP) is 3.07. The molecule has 0 saturated heterocycles. The maximum atomic E-state index is 11.9. The molecule has 2 fully saturated rings. The number of fused-ring (bicyclic) bond motifs is 2. The van der Waals surface area contributed by atoms with E-state index >= 15 is 0 Å². The first kappa shape index (κ1) is 8.90. The van der Waals surface area contributed by atoms with E-state index in [-0.39, 0.29) is 0 Å². The van der Waals surface area contributed by atoms with Gasteiger partial charge in [-0.1, -0.05) is 30.3 Å². The molecule has 2 unspecified atom stereocenters. The lowest BCUT2D eigenvalue weighted by Crippen LogP contribution is -2.11. The Balaban J connectivity index is 1.95. The Hall–Kier alpha value is -1.37. The number of hydrogen-bond donors (Lipinski definition) is 0. The van der Waals surface area contributed by atoms with Crippen LogP contribution in [0.3, 0.4) is 0 Å². The fourth-order valence-corrected chi connectivity index (χ4v) is 2.86. The largest absolute Gasteiger partial charge is 0.294 e. The van der Waals surface area contributed by atoms with E-state index < -0.39 is 0 Å². The smallest absolute Gasteiger partial charge is 0.162 e. The van der Waals surface area contributed by atoms with Gasteiger partial charge in [0.15, 0.2) is 5.78 Å². The van der Waals surface area contributed by atoms with Gasteiger partial charge in [0.05, 0.1) is 0 Å². The van der Waals surface area contributed by atoms with Gasteiger partial charge < -0.3 is 0 Å². The van der Waals surface area contributed by atoms with Crippen LogP contribution in [0.4, 0.5) is 0 Å². The number of rotatable bonds is 1. The Morgan fingerprint density at radius 2 is 1.80 bits per heavy atom. The summed E-state index contributed by atoms with van der Waals surface area (Å²) in [5.74, 6) is 1.32. The van der Waals surface area contributed by atoms with Crippen LogP contribution in [-0.4, -0.2) is 5.78 Å². The Bertz CT molecular complexity index is 416. The first-order chi connectivity index (χ1) is 7.34. The summed E-state index contributed by atoms with van der Waals surface area (Å²) < 4.78 is 0. The molecule has 1 nitrogen and oxygen atoms in total. The lowest BCUT2D eigenvalue weighted by Gasteiger charge is -2.11. The minimum atomic E-state index is 0.352. The molecule has 1 aromatic rings. The molecule has 15 heavy (non-hydrogen) atoms. The SMILES string of the molecule is O=C1/C(=C/c2ccccc2)C2CCC1C2. The highest BCUT2D eigenvalue weighted by molar-refractivity contribution is 6.04. The van der Waals surface area contributed by atoms with E-state index in [0.29, 0.717) is 17.6 Å². The summed E-state index contributed by atoms with van der Waals surface area (Å²) >= 11 is 0. The fraction of sp³-hybridized carbons (Fsp3) is 0.357. The second-order valence-electron chi connectivity index (χ2n) is 4.58. The van der Waals surface area contributed by atoms with E-state index in [2.05, 4.69) is 18.2 Å². The molecule has 0 radical (unpaired) electrons. The maximum Gasteiger partial charge on any atom is 0.162 e. The van der Waals surface area contributed by atoms with Gasteiger partial charge in [0.25, 0.3) is 0 Å². The van der Waals surface area contributed by atoms with Crippen LogP contribution >= 0.6 is 0 Å². The summed E-state index contributed by atoms with van der Waals surface area (Å²) in [6, 6.07) is 10.2. The van der Waals surface area contributed by atoms with E-state index in [4.69, 9.17) is 0 Å². The van der Waals surface area contributed by atoms with Crippen LogP contribution in [-0.2, 0) is 4.79 Å². The Morgan fingerprint density at radius 1 is 1.07 bits per heavy atom. The van der Waals surface area contributed by atoms with Gasteiger partial charge in [-0.05, 0) is 42.4 Å². The van der Waals surface area contributed by atoms with Crippen molar-refractivity contribution in [2.75, 3.05) is 0 Å². The molecule has 2 atom stereocenters. The highest BCUT2D eigenvalue weighted by atomic mass is 16.1. The molecule has 0 aliphatic heterocycles. The molecule has 76 valence electrons. The van der Waals surface area contributed by atoms with Crippen molar-refractivity contribution in [1.29, 1.82) is 0 Å². The molecule has 2 bridgehead atoms. The highest BCUT2D eigenvalue weighted by Crippen LogP contribution is 2.46. The molecule has 2 aliphatic rings. The van der Waals surface area contributed by atoms with Crippen molar-refractivity contribution in [2.24, 2.45) is 11.8 Å². The Labute approximate surface area is 89.8 Å². The van der Waals surface area contributed by atoms with E-state index in [1.807, 2.05) is 18.2 Å². The Morgan fingerprint density at radius 3 is 2.47 bits per heavy atom. The minimum absolute atomic E-state index is 0.352. The molecule has 0 N–H and O–H groups in total. The summed E-state index contributed by atoms with van der Waals surface area (Å²) in [6.45, 7) is 0. The van der Waals surface area contributed by atoms with Crippen LogP contribution in [0.1, 0.15) is 24.8 Å². The van der Waals surface area contributed by atoms with Crippen molar-refractivity contribution in [1.82, 2.24) is 0 Å². The van der Waals surface area contributed by atoms with E-state index in [0.717, 1.165) is 24.0 Å². The van der Waals surface area contributed by atoms with Gasteiger partial charge in [0.1, 0.15) is 0 Å². The topological polar surface area (TPSA) is 17.1 Å². The minimum Gasteiger partial charge on any atom is -0.294 e. The zero-order valence-electron chi connectivity index (χ0n) is 8.65. The maximum absolute atomic E-state index is 11.9. The molecule has 1 aromatic carbocycles. The average Bonchev–Trinajstić information content (AvgIpc) is 2.84. The molecule has 0 amide bonds. The van der Waals surface area contributed by atoms with Crippen LogP contribution in [0, 0.1) is 11.8 Å². The number of benzene rings is 1. The molecular formula is C14H14O. The van der Waals surface area contributed by atoms with Gasteiger partial charge in [-0.3, -0.25) is 4.79 Å². The molecule has 3 rings (SSSR count). The second kappa shape index (κ2) is 3.34.